The van der Waals surface area contributed by atoms with Gasteiger partial charge in [0.15, 0.2) is 11.5 Å². The normalized spacial score (nSPS) is 10.4. The first-order valence-corrected chi connectivity index (χ1v) is 8.05. The molecule has 26 heavy (non-hydrogen) atoms. The van der Waals surface area contributed by atoms with E-state index in [0.29, 0.717) is 10.2 Å². The molecule has 10 heteroatoms. The van der Waals surface area contributed by atoms with Crippen molar-refractivity contribution in [2.75, 3.05) is 19.5 Å². The standard InChI is InChI=1S/C16H15BrN2O7/c1-3-26-8-5-6(4-7(17)12(8)25-2)9-10(15(21)22)13(18)19-14(20)11(9)16(23)24/h4-5H,3H2,1-2H3,(H,21,22)(H,23,24)(H3,18,19,20). The molecular weight excluding hydrogens is 412 g/mol. The summed E-state index contributed by atoms with van der Waals surface area (Å²) < 4.78 is 11.1. The average molecular weight is 427 g/mol. The Balaban J connectivity index is 2.98. The highest BCUT2D eigenvalue weighted by molar-refractivity contribution is 9.10. The summed E-state index contributed by atoms with van der Waals surface area (Å²) in [5.41, 5.74) is 3.14. The minimum Gasteiger partial charge on any atom is -0.492 e. The highest BCUT2D eigenvalue weighted by atomic mass is 79.9. The molecule has 0 saturated carbocycles. The van der Waals surface area contributed by atoms with Crippen molar-refractivity contribution in [3.05, 3.63) is 38.1 Å². The number of nitrogen functional groups attached to an aromatic ring is 1. The Labute approximate surface area is 155 Å². The fourth-order valence-corrected chi connectivity index (χ4v) is 3.11. The molecule has 2 rings (SSSR count). The number of aromatic nitrogens is 1. The lowest BCUT2D eigenvalue weighted by Gasteiger charge is -2.16. The van der Waals surface area contributed by atoms with Crippen LogP contribution in [0.5, 0.6) is 11.5 Å². The molecule has 1 heterocycles. The monoisotopic (exact) mass is 426 g/mol. The number of rotatable bonds is 6. The number of pyridine rings is 1. The first-order valence-electron chi connectivity index (χ1n) is 7.25. The number of carboxylic acid groups (broad SMARTS) is 2. The SMILES string of the molecule is CCOc1cc(-c2c(C(=O)O)c(N)[nH]c(=O)c2C(=O)O)cc(Br)c1OC. The van der Waals surface area contributed by atoms with Gasteiger partial charge in [-0.05, 0) is 40.5 Å². The summed E-state index contributed by atoms with van der Waals surface area (Å²) in [5.74, 6) is -2.95. The van der Waals surface area contributed by atoms with Crippen LogP contribution in [0.4, 0.5) is 5.82 Å². The van der Waals surface area contributed by atoms with Crippen LogP contribution >= 0.6 is 15.9 Å². The number of halogens is 1. The van der Waals surface area contributed by atoms with Crippen molar-refractivity contribution in [3.8, 4) is 22.6 Å². The third kappa shape index (κ3) is 3.36. The lowest BCUT2D eigenvalue weighted by molar-refractivity contribution is 0.0695. The van der Waals surface area contributed by atoms with Gasteiger partial charge in [0, 0.05) is 5.56 Å². The van der Waals surface area contributed by atoms with Gasteiger partial charge in [-0.15, -0.1) is 0 Å². The number of anilines is 1. The first-order chi connectivity index (χ1) is 12.2. The third-order valence-corrected chi connectivity index (χ3v) is 4.06. The number of nitrogens with one attached hydrogen (secondary N) is 1. The topological polar surface area (TPSA) is 152 Å². The van der Waals surface area contributed by atoms with Crippen LogP contribution in [0.15, 0.2) is 21.4 Å². The van der Waals surface area contributed by atoms with Gasteiger partial charge in [-0.25, -0.2) is 9.59 Å². The van der Waals surface area contributed by atoms with Crippen molar-refractivity contribution in [1.29, 1.82) is 0 Å². The van der Waals surface area contributed by atoms with E-state index in [4.69, 9.17) is 15.2 Å². The second kappa shape index (κ2) is 7.48. The first kappa shape index (κ1) is 19.3. The third-order valence-electron chi connectivity index (χ3n) is 3.47. The average Bonchev–Trinajstić information content (AvgIpc) is 2.53. The number of aromatic carboxylic acids is 2. The number of ether oxygens (including phenoxy) is 2. The number of carboxylic acids is 2. The molecule has 138 valence electrons. The van der Waals surface area contributed by atoms with Gasteiger partial charge < -0.3 is 30.4 Å². The number of hydrogen-bond donors (Lipinski definition) is 4. The fourth-order valence-electron chi connectivity index (χ4n) is 2.51. The maximum absolute atomic E-state index is 12.1. The van der Waals surface area contributed by atoms with Gasteiger partial charge in [0.25, 0.3) is 5.56 Å². The zero-order valence-corrected chi connectivity index (χ0v) is 15.3. The van der Waals surface area contributed by atoms with Crippen molar-refractivity contribution in [2.24, 2.45) is 0 Å². The number of benzene rings is 1. The summed E-state index contributed by atoms with van der Waals surface area (Å²) in [7, 11) is 1.42. The van der Waals surface area contributed by atoms with E-state index in [2.05, 4.69) is 20.9 Å². The predicted molar refractivity (Wildman–Crippen MR) is 96.3 cm³/mol. The van der Waals surface area contributed by atoms with Crippen LogP contribution in [0.1, 0.15) is 27.6 Å². The van der Waals surface area contributed by atoms with E-state index in [1.807, 2.05) is 0 Å². The van der Waals surface area contributed by atoms with Gasteiger partial charge in [-0.3, -0.25) is 4.79 Å². The molecule has 0 bridgehead atoms. The number of methoxy groups -OCH3 is 1. The Morgan fingerprint density at radius 2 is 1.85 bits per heavy atom. The number of aromatic amines is 1. The lowest BCUT2D eigenvalue weighted by atomic mass is 9.95. The van der Waals surface area contributed by atoms with Crippen LogP contribution in [0.25, 0.3) is 11.1 Å². The van der Waals surface area contributed by atoms with Gasteiger partial charge in [-0.2, -0.15) is 0 Å². The molecule has 0 aliphatic heterocycles. The zero-order valence-electron chi connectivity index (χ0n) is 13.8. The quantitative estimate of drug-likeness (QED) is 0.548. The van der Waals surface area contributed by atoms with Gasteiger partial charge in [0.1, 0.15) is 16.9 Å². The van der Waals surface area contributed by atoms with Crippen molar-refractivity contribution in [2.45, 2.75) is 6.92 Å². The Kier molecular flexibility index (Phi) is 5.56. The Morgan fingerprint density at radius 1 is 1.23 bits per heavy atom. The Morgan fingerprint density at radius 3 is 2.35 bits per heavy atom. The van der Waals surface area contributed by atoms with E-state index in [1.54, 1.807) is 6.92 Å². The summed E-state index contributed by atoms with van der Waals surface area (Å²) in [4.78, 5) is 37.4. The second-order valence-electron chi connectivity index (χ2n) is 5.03. The highest BCUT2D eigenvalue weighted by Crippen LogP contribution is 2.41. The van der Waals surface area contributed by atoms with Gasteiger partial charge in [0.05, 0.1) is 18.2 Å². The molecule has 0 fully saturated rings. The Hall–Kier alpha value is -3.01. The molecule has 2 aromatic rings. The molecule has 0 spiro atoms. The maximum Gasteiger partial charge on any atom is 0.342 e. The maximum atomic E-state index is 12.1. The van der Waals surface area contributed by atoms with Crippen LogP contribution in [-0.2, 0) is 0 Å². The van der Waals surface area contributed by atoms with E-state index < -0.39 is 34.4 Å². The molecule has 0 saturated heterocycles. The van der Waals surface area contributed by atoms with Gasteiger partial charge >= 0.3 is 11.9 Å². The molecule has 0 unspecified atom stereocenters. The molecule has 0 aliphatic rings. The van der Waals surface area contributed by atoms with Crippen LogP contribution in [0, 0.1) is 0 Å². The van der Waals surface area contributed by atoms with Crippen LogP contribution in [-0.4, -0.2) is 40.9 Å². The zero-order chi connectivity index (χ0) is 19.6. The molecule has 0 amide bonds. The summed E-state index contributed by atoms with van der Waals surface area (Å²) in [6, 6.07) is 2.81. The molecule has 1 aromatic carbocycles. The highest BCUT2D eigenvalue weighted by Gasteiger charge is 2.27. The van der Waals surface area contributed by atoms with Crippen molar-refractivity contribution < 1.29 is 29.3 Å². The number of H-pyrrole nitrogens is 1. The molecule has 0 aliphatic carbocycles. The molecule has 0 atom stereocenters. The summed E-state index contributed by atoms with van der Waals surface area (Å²) in [5, 5.41) is 18.9. The lowest BCUT2D eigenvalue weighted by Crippen LogP contribution is -2.24. The summed E-state index contributed by atoms with van der Waals surface area (Å²) in [6.45, 7) is 2.01. The van der Waals surface area contributed by atoms with Crippen molar-refractivity contribution in [3.63, 3.8) is 0 Å². The van der Waals surface area contributed by atoms with E-state index in [-0.39, 0.29) is 23.5 Å². The number of nitrogens with two attached hydrogens (primary N) is 1. The minimum absolute atomic E-state index is 0.119. The summed E-state index contributed by atoms with van der Waals surface area (Å²) in [6.07, 6.45) is 0. The second-order valence-corrected chi connectivity index (χ2v) is 5.88. The number of carbonyl (C=O) groups is 2. The largest absolute Gasteiger partial charge is 0.492 e. The smallest absolute Gasteiger partial charge is 0.342 e. The van der Waals surface area contributed by atoms with Crippen LogP contribution in [0.2, 0.25) is 0 Å². The van der Waals surface area contributed by atoms with E-state index in [9.17, 15) is 24.6 Å². The molecule has 5 N–H and O–H groups in total. The van der Waals surface area contributed by atoms with Crippen molar-refractivity contribution >= 4 is 33.7 Å². The molecule has 1 aromatic heterocycles. The van der Waals surface area contributed by atoms with E-state index in [1.165, 1.54) is 19.2 Å². The van der Waals surface area contributed by atoms with Crippen molar-refractivity contribution in [1.82, 2.24) is 4.98 Å². The van der Waals surface area contributed by atoms with E-state index in [0.717, 1.165) is 0 Å². The van der Waals surface area contributed by atoms with Crippen LogP contribution < -0.4 is 20.8 Å². The number of hydrogen-bond acceptors (Lipinski definition) is 6. The predicted octanol–water partition coefficient (Wildman–Crippen LogP) is 2.19. The van der Waals surface area contributed by atoms with Gasteiger partial charge in [0.2, 0.25) is 0 Å². The molecular formula is C16H15BrN2O7. The molecule has 0 radical (unpaired) electrons. The minimum atomic E-state index is -1.59. The van der Waals surface area contributed by atoms with Crippen LogP contribution in [0.3, 0.4) is 0 Å². The fraction of sp³-hybridized carbons (Fsp3) is 0.188. The van der Waals surface area contributed by atoms with Gasteiger partial charge in [-0.1, -0.05) is 0 Å². The summed E-state index contributed by atoms with van der Waals surface area (Å²) >= 11 is 3.27. The Bertz CT molecular complexity index is 953. The van der Waals surface area contributed by atoms with E-state index >= 15 is 0 Å². The molecule has 9 nitrogen and oxygen atoms in total.